The number of benzene rings is 2. The molecule has 1 amide bonds. The monoisotopic (exact) mass is 415 g/mol. The second-order valence-corrected chi connectivity index (χ2v) is 10.3. The van der Waals surface area contributed by atoms with Gasteiger partial charge in [-0.2, -0.15) is 0 Å². The lowest BCUT2D eigenvalue weighted by atomic mass is 9.81. The third-order valence-corrected chi connectivity index (χ3v) is 7.92. The zero-order chi connectivity index (χ0) is 21.0. The molecule has 2 heterocycles. The summed E-state index contributed by atoms with van der Waals surface area (Å²) in [6, 6.07) is 12.1. The van der Waals surface area contributed by atoms with E-state index in [9.17, 15) is 13.2 Å². The van der Waals surface area contributed by atoms with E-state index < -0.39 is 32.6 Å². The molecule has 0 aromatic heterocycles. The summed E-state index contributed by atoms with van der Waals surface area (Å²) in [6.07, 6.45) is 0.368. The SMILES string of the molecule is COc1ccc2c(c1)C1CC(C)(NC(=O)C1S(=O)(=O)c1ccc(C(C)C)cc1)O2. The molecule has 2 aliphatic rings. The topological polar surface area (TPSA) is 81.7 Å². The van der Waals surface area contributed by atoms with Crippen LogP contribution in [0, 0.1) is 0 Å². The summed E-state index contributed by atoms with van der Waals surface area (Å²) in [6.45, 7) is 5.86. The number of sulfone groups is 1. The Labute approximate surface area is 171 Å². The summed E-state index contributed by atoms with van der Waals surface area (Å²) < 4.78 is 38.3. The number of rotatable bonds is 4. The van der Waals surface area contributed by atoms with Crippen LogP contribution in [-0.4, -0.2) is 32.4 Å². The van der Waals surface area contributed by atoms with Crippen LogP contribution in [0.3, 0.4) is 0 Å². The first kappa shape index (κ1) is 19.8. The smallest absolute Gasteiger partial charge is 0.242 e. The number of methoxy groups -OCH3 is 1. The van der Waals surface area contributed by atoms with E-state index in [2.05, 4.69) is 5.32 Å². The molecular weight excluding hydrogens is 390 g/mol. The molecule has 4 rings (SSSR count). The van der Waals surface area contributed by atoms with Crippen LogP contribution in [-0.2, 0) is 14.6 Å². The molecule has 0 saturated carbocycles. The highest BCUT2D eigenvalue weighted by Gasteiger charge is 2.54. The standard InChI is InChI=1S/C22H25NO5S/c1-13(2)14-5-8-16(9-6-14)29(25,26)20-18-12-22(3,23-21(20)24)28-19-10-7-15(27-4)11-17(18)19/h5-11,13,18,20H,12H2,1-4H3,(H,23,24). The number of nitrogens with one attached hydrogen (secondary N) is 1. The summed E-state index contributed by atoms with van der Waals surface area (Å²) in [4.78, 5) is 13.1. The lowest BCUT2D eigenvalue weighted by Crippen LogP contribution is -2.63. The van der Waals surface area contributed by atoms with Crippen molar-refractivity contribution < 1.29 is 22.7 Å². The summed E-state index contributed by atoms with van der Waals surface area (Å²) >= 11 is 0. The summed E-state index contributed by atoms with van der Waals surface area (Å²) in [5.74, 6) is 0.395. The molecule has 7 heteroatoms. The maximum Gasteiger partial charge on any atom is 0.242 e. The van der Waals surface area contributed by atoms with Crippen molar-refractivity contribution in [3.63, 3.8) is 0 Å². The highest BCUT2D eigenvalue weighted by atomic mass is 32.2. The predicted octanol–water partition coefficient (Wildman–Crippen LogP) is 3.37. The van der Waals surface area contributed by atoms with Crippen molar-refractivity contribution in [3.8, 4) is 11.5 Å². The fraction of sp³-hybridized carbons (Fsp3) is 0.409. The maximum absolute atomic E-state index is 13.5. The molecule has 1 fully saturated rings. The third kappa shape index (κ3) is 3.27. The largest absolute Gasteiger partial charge is 0.497 e. The van der Waals surface area contributed by atoms with Crippen LogP contribution in [0.15, 0.2) is 47.4 Å². The van der Waals surface area contributed by atoms with Gasteiger partial charge in [0.2, 0.25) is 5.91 Å². The van der Waals surface area contributed by atoms with E-state index >= 15 is 0 Å². The fourth-order valence-corrected chi connectivity index (χ4v) is 6.08. The number of amides is 1. The van der Waals surface area contributed by atoms with Gasteiger partial charge in [0.05, 0.1) is 12.0 Å². The second-order valence-electron chi connectivity index (χ2n) is 8.23. The molecule has 2 aromatic rings. The minimum Gasteiger partial charge on any atom is -0.497 e. The van der Waals surface area contributed by atoms with E-state index in [1.807, 2.05) is 26.0 Å². The van der Waals surface area contributed by atoms with Crippen LogP contribution in [0.1, 0.15) is 50.2 Å². The maximum atomic E-state index is 13.5. The molecule has 2 aliphatic heterocycles. The molecule has 6 nitrogen and oxygen atoms in total. The van der Waals surface area contributed by atoms with E-state index in [1.165, 1.54) is 0 Å². The Kier molecular flexibility index (Phi) is 4.61. The molecule has 3 unspecified atom stereocenters. The van der Waals surface area contributed by atoms with Gasteiger partial charge in [0.25, 0.3) is 0 Å². The molecule has 1 N–H and O–H groups in total. The summed E-state index contributed by atoms with van der Waals surface area (Å²) in [5, 5.41) is 1.55. The van der Waals surface area contributed by atoms with Gasteiger partial charge in [0, 0.05) is 17.9 Å². The van der Waals surface area contributed by atoms with Crippen LogP contribution in [0.25, 0.3) is 0 Å². The number of piperidine rings is 1. The van der Waals surface area contributed by atoms with Gasteiger partial charge in [-0.05, 0) is 48.7 Å². The van der Waals surface area contributed by atoms with Gasteiger partial charge in [-0.25, -0.2) is 8.42 Å². The Hall–Kier alpha value is -2.54. The first-order chi connectivity index (χ1) is 13.6. The Morgan fingerprint density at radius 1 is 1.17 bits per heavy atom. The Morgan fingerprint density at radius 3 is 2.48 bits per heavy atom. The second kappa shape index (κ2) is 6.76. The van der Waals surface area contributed by atoms with Gasteiger partial charge >= 0.3 is 0 Å². The van der Waals surface area contributed by atoms with Gasteiger partial charge in [-0.1, -0.05) is 26.0 Å². The molecule has 0 radical (unpaired) electrons. The van der Waals surface area contributed by atoms with Gasteiger partial charge in [0.15, 0.2) is 20.8 Å². The number of carbonyl (C=O) groups is 1. The molecule has 29 heavy (non-hydrogen) atoms. The normalized spacial score (nSPS) is 25.8. The molecule has 3 atom stereocenters. The molecule has 0 aliphatic carbocycles. The zero-order valence-electron chi connectivity index (χ0n) is 16.9. The Bertz CT molecular complexity index is 1060. The summed E-state index contributed by atoms with van der Waals surface area (Å²) in [5.41, 5.74) is 0.798. The van der Waals surface area contributed by atoms with E-state index in [-0.39, 0.29) is 4.90 Å². The van der Waals surface area contributed by atoms with E-state index in [4.69, 9.17) is 9.47 Å². The summed E-state index contributed by atoms with van der Waals surface area (Å²) in [7, 11) is -2.35. The number of ether oxygens (including phenoxy) is 2. The molecular formula is C22H25NO5S. The van der Waals surface area contributed by atoms with Gasteiger partial charge in [0.1, 0.15) is 11.5 Å². The highest BCUT2D eigenvalue weighted by Crippen LogP contribution is 2.48. The quantitative estimate of drug-likeness (QED) is 0.828. The van der Waals surface area contributed by atoms with E-state index in [1.54, 1.807) is 44.4 Å². The highest BCUT2D eigenvalue weighted by molar-refractivity contribution is 7.92. The Morgan fingerprint density at radius 2 is 1.86 bits per heavy atom. The molecule has 154 valence electrons. The minimum absolute atomic E-state index is 0.154. The number of carbonyl (C=O) groups excluding carboxylic acids is 1. The van der Waals surface area contributed by atoms with Crippen molar-refractivity contribution >= 4 is 15.7 Å². The predicted molar refractivity (Wildman–Crippen MR) is 109 cm³/mol. The molecule has 1 saturated heterocycles. The minimum atomic E-state index is -3.90. The lowest BCUT2D eigenvalue weighted by molar-refractivity contribution is -0.132. The molecule has 2 aromatic carbocycles. The zero-order valence-corrected chi connectivity index (χ0v) is 17.7. The van der Waals surface area contributed by atoms with Crippen LogP contribution in [0.5, 0.6) is 11.5 Å². The van der Waals surface area contributed by atoms with Gasteiger partial charge < -0.3 is 14.8 Å². The van der Waals surface area contributed by atoms with E-state index in [0.29, 0.717) is 29.4 Å². The van der Waals surface area contributed by atoms with Crippen molar-refractivity contribution in [2.45, 2.75) is 54.9 Å². The van der Waals surface area contributed by atoms with Crippen molar-refractivity contribution in [3.05, 3.63) is 53.6 Å². The van der Waals surface area contributed by atoms with Gasteiger partial charge in [-0.15, -0.1) is 0 Å². The average molecular weight is 416 g/mol. The first-order valence-corrected chi connectivity index (χ1v) is 11.2. The number of hydrogen-bond acceptors (Lipinski definition) is 5. The number of hydrogen-bond donors (Lipinski definition) is 1. The van der Waals surface area contributed by atoms with Crippen LogP contribution >= 0.6 is 0 Å². The fourth-order valence-electron chi connectivity index (χ4n) is 4.26. The number of fused-ring (bicyclic) bond motifs is 4. The molecule has 2 bridgehead atoms. The van der Waals surface area contributed by atoms with Crippen LogP contribution in [0.4, 0.5) is 0 Å². The lowest BCUT2D eigenvalue weighted by Gasteiger charge is -2.46. The van der Waals surface area contributed by atoms with Crippen molar-refractivity contribution in [1.29, 1.82) is 0 Å². The van der Waals surface area contributed by atoms with Gasteiger partial charge in [-0.3, -0.25) is 4.79 Å². The van der Waals surface area contributed by atoms with Crippen molar-refractivity contribution in [2.75, 3.05) is 7.11 Å². The third-order valence-electron chi connectivity index (χ3n) is 5.78. The van der Waals surface area contributed by atoms with E-state index in [0.717, 1.165) is 5.56 Å². The molecule has 0 spiro atoms. The van der Waals surface area contributed by atoms with Crippen molar-refractivity contribution in [2.24, 2.45) is 0 Å². The Balaban J connectivity index is 1.81. The average Bonchev–Trinajstić information content (AvgIpc) is 2.66. The van der Waals surface area contributed by atoms with Crippen LogP contribution < -0.4 is 14.8 Å². The first-order valence-electron chi connectivity index (χ1n) is 9.67. The van der Waals surface area contributed by atoms with Crippen molar-refractivity contribution in [1.82, 2.24) is 5.32 Å². The van der Waals surface area contributed by atoms with Crippen LogP contribution in [0.2, 0.25) is 0 Å².